The van der Waals surface area contributed by atoms with E-state index in [2.05, 4.69) is 5.32 Å². The number of hydrogen-bond acceptors (Lipinski definition) is 2. The number of amidine groups is 1. The fourth-order valence-corrected chi connectivity index (χ4v) is 4.12. The maximum Gasteiger partial charge on any atom is 0.157 e. The lowest BCUT2D eigenvalue weighted by molar-refractivity contribution is 0.311. The highest BCUT2D eigenvalue weighted by atomic mass is 35.5. The van der Waals surface area contributed by atoms with E-state index in [4.69, 9.17) is 16.6 Å². The summed E-state index contributed by atoms with van der Waals surface area (Å²) in [6, 6.07) is 8.61. The van der Waals surface area contributed by atoms with Gasteiger partial charge in [0.1, 0.15) is 0 Å². The fourth-order valence-electron chi connectivity index (χ4n) is 2.83. The zero-order valence-electron chi connectivity index (χ0n) is 10.9. The predicted molar refractivity (Wildman–Crippen MR) is 83.9 cm³/mol. The van der Waals surface area contributed by atoms with Gasteiger partial charge in [-0.05, 0) is 36.5 Å². The van der Waals surface area contributed by atoms with E-state index in [0.717, 1.165) is 22.7 Å². The smallest absolute Gasteiger partial charge is 0.157 e. The highest BCUT2D eigenvalue weighted by molar-refractivity contribution is 8.13. The van der Waals surface area contributed by atoms with Gasteiger partial charge in [-0.3, -0.25) is 4.99 Å². The Hall–Kier alpha value is -0.670. The van der Waals surface area contributed by atoms with Gasteiger partial charge in [0.2, 0.25) is 0 Å². The van der Waals surface area contributed by atoms with E-state index in [0.29, 0.717) is 6.04 Å². The van der Waals surface area contributed by atoms with Crippen molar-refractivity contribution in [2.75, 3.05) is 5.75 Å². The van der Waals surface area contributed by atoms with Crippen LogP contribution in [0.4, 0.5) is 0 Å². The zero-order chi connectivity index (χ0) is 13.1. The highest BCUT2D eigenvalue weighted by Crippen LogP contribution is 2.31. The molecule has 2 fully saturated rings. The Kier molecular flexibility index (Phi) is 4.34. The van der Waals surface area contributed by atoms with Gasteiger partial charge in [-0.25, -0.2) is 0 Å². The van der Waals surface area contributed by atoms with Gasteiger partial charge in [0.15, 0.2) is 5.17 Å². The van der Waals surface area contributed by atoms with Crippen molar-refractivity contribution in [1.82, 2.24) is 5.32 Å². The maximum atomic E-state index is 5.88. The number of benzene rings is 1. The molecule has 1 N–H and O–H groups in total. The van der Waals surface area contributed by atoms with Crippen LogP contribution in [0, 0.1) is 5.92 Å². The van der Waals surface area contributed by atoms with Gasteiger partial charge in [0.05, 0.1) is 6.54 Å². The van der Waals surface area contributed by atoms with Gasteiger partial charge in [0.25, 0.3) is 0 Å². The molecule has 0 spiro atoms. The molecule has 1 saturated carbocycles. The molecule has 1 aliphatic carbocycles. The average Bonchev–Trinajstić information content (AvgIpc) is 2.46. The van der Waals surface area contributed by atoms with Crippen molar-refractivity contribution in [2.45, 2.75) is 38.3 Å². The lowest BCUT2D eigenvalue weighted by atomic mass is 9.86. The van der Waals surface area contributed by atoms with E-state index >= 15 is 0 Å². The number of hydrogen-bond donors (Lipinski definition) is 1. The largest absolute Gasteiger partial charge is 0.362 e. The number of nitrogens with zero attached hydrogens (tertiary/aromatic N) is 1. The Labute approximate surface area is 124 Å². The standard InChI is InChI=1S/C15H19ClN2S/c16-13-7-5-11(6-8-13)9-17-15-18-14-4-2-1-3-12(14)10-19-15/h5-8,12,14H,1-4,9-10H2,(H,17,18). The summed E-state index contributed by atoms with van der Waals surface area (Å²) in [4.78, 5) is 4.70. The SMILES string of the molecule is Clc1ccc(CN=C2NC3CCCCC3CS2)cc1. The average molecular weight is 295 g/mol. The van der Waals surface area contributed by atoms with Gasteiger partial charge in [-0.15, -0.1) is 0 Å². The summed E-state index contributed by atoms with van der Waals surface area (Å²) in [7, 11) is 0. The van der Waals surface area contributed by atoms with Gasteiger partial charge < -0.3 is 5.32 Å². The van der Waals surface area contributed by atoms with Gasteiger partial charge >= 0.3 is 0 Å². The quantitative estimate of drug-likeness (QED) is 0.888. The molecule has 0 bridgehead atoms. The van der Waals surface area contributed by atoms with Gasteiger partial charge in [-0.2, -0.15) is 0 Å². The Balaban J connectivity index is 1.60. The number of thioether (sulfide) groups is 1. The predicted octanol–water partition coefficient (Wildman–Crippen LogP) is 4.09. The van der Waals surface area contributed by atoms with Crippen molar-refractivity contribution in [1.29, 1.82) is 0 Å². The van der Waals surface area contributed by atoms with Crippen LogP contribution < -0.4 is 5.32 Å². The molecule has 102 valence electrons. The van der Waals surface area contributed by atoms with E-state index in [-0.39, 0.29) is 0 Å². The minimum atomic E-state index is 0.666. The van der Waals surface area contributed by atoms with E-state index in [1.165, 1.54) is 37.0 Å². The summed E-state index contributed by atoms with van der Waals surface area (Å²) in [6.07, 6.45) is 5.46. The molecule has 0 amide bonds. The number of rotatable bonds is 2. The van der Waals surface area contributed by atoms with E-state index in [1.54, 1.807) is 0 Å². The van der Waals surface area contributed by atoms with E-state index < -0.39 is 0 Å². The molecule has 0 radical (unpaired) electrons. The second-order valence-electron chi connectivity index (χ2n) is 5.35. The van der Waals surface area contributed by atoms with Crippen molar-refractivity contribution in [3.8, 4) is 0 Å². The first kappa shape index (κ1) is 13.3. The lowest BCUT2D eigenvalue weighted by Gasteiger charge is -2.36. The lowest BCUT2D eigenvalue weighted by Crippen LogP contribution is -2.46. The van der Waals surface area contributed by atoms with Crippen LogP contribution in [-0.2, 0) is 6.54 Å². The highest BCUT2D eigenvalue weighted by Gasteiger charge is 2.29. The van der Waals surface area contributed by atoms with Crippen LogP contribution in [0.5, 0.6) is 0 Å². The zero-order valence-corrected chi connectivity index (χ0v) is 12.5. The van der Waals surface area contributed by atoms with Crippen molar-refractivity contribution in [3.63, 3.8) is 0 Å². The molecule has 4 heteroatoms. The minimum absolute atomic E-state index is 0.666. The molecule has 1 aromatic rings. The molecule has 0 aromatic heterocycles. The monoisotopic (exact) mass is 294 g/mol. The first-order chi connectivity index (χ1) is 9.31. The van der Waals surface area contributed by atoms with Crippen LogP contribution in [0.15, 0.2) is 29.3 Å². The normalized spacial score (nSPS) is 28.8. The molecule has 1 aliphatic heterocycles. The van der Waals surface area contributed by atoms with Crippen LogP contribution in [0.2, 0.25) is 5.02 Å². The first-order valence-corrected chi connectivity index (χ1v) is 8.36. The van der Waals surface area contributed by atoms with E-state index in [1.807, 2.05) is 36.0 Å². The van der Waals surface area contributed by atoms with Crippen molar-refractivity contribution >= 4 is 28.5 Å². The van der Waals surface area contributed by atoms with Crippen molar-refractivity contribution < 1.29 is 0 Å². The van der Waals surface area contributed by atoms with Crippen LogP contribution in [0.25, 0.3) is 0 Å². The minimum Gasteiger partial charge on any atom is -0.362 e. The number of nitrogens with one attached hydrogen (secondary N) is 1. The third-order valence-electron chi connectivity index (χ3n) is 3.97. The second kappa shape index (κ2) is 6.19. The molecule has 3 rings (SSSR count). The summed E-state index contributed by atoms with van der Waals surface area (Å²) in [5.74, 6) is 2.09. The summed E-state index contributed by atoms with van der Waals surface area (Å²) < 4.78 is 0. The fraction of sp³-hybridized carbons (Fsp3) is 0.533. The van der Waals surface area contributed by atoms with Crippen molar-refractivity contribution in [2.24, 2.45) is 10.9 Å². The van der Waals surface area contributed by atoms with Crippen LogP contribution in [0.3, 0.4) is 0 Å². The topological polar surface area (TPSA) is 24.4 Å². The van der Waals surface area contributed by atoms with Crippen LogP contribution >= 0.6 is 23.4 Å². The summed E-state index contributed by atoms with van der Waals surface area (Å²) in [6.45, 7) is 0.740. The third kappa shape index (κ3) is 3.46. The molecule has 1 aromatic carbocycles. The number of fused-ring (bicyclic) bond motifs is 1. The molecule has 1 heterocycles. The Morgan fingerprint density at radius 2 is 2.00 bits per heavy atom. The molecular formula is C15H19ClN2S. The Morgan fingerprint density at radius 1 is 1.21 bits per heavy atom. The summed E-state index contributed by atoms with van der Waals surface area (Å²) in [5, 5.41) is 5.53. The molecule has 1 saturated heterocycles. The molecule has 2 atom stereocenters. The van der Waals surface area contributed by atoms with Crippen LogP contribution in [0.1, 0.15) is 31.2 Å². The maximum absolute atomic E-state index is 5.88. The molecular weight excluding hydrogens is 276 g/mol. The summed E-state index contributed by atoms with van der Waals surface area (Å²) >= 11 is 7.77. The molecule has 2 aliphatic rings. The Morgan fingerprint density at radius 3 is 2.84 bits per heavy atom. The molecule has 19 heavy (non-hydrogen) atoms. The summed E-state index contributed by atoms with van der Waals surface area (Å²) in [5.41, 5.74) is 1.21. The molecule has 2 unspecified atom stereocenters. The second-order valence-corrected chi connectivity index (χ2v) is 6.80. The van der Waals surface area contributed by atoms with E-state index in [9.17, 15) is 0 Å². The molecule has 2 nitrogen and oxygen atoms in total. The third-order valence-corrected chi connectivity index (χ3v) is 5.34. The first-order valence-electron chi connectivity index (χ1n) is 6.99. The number of halogens is 1. The number of aliphatic imine (C=N–C) groups is 1. The Bertz CT molecular complexity index is 458. The van der Waals surface area contributed by atoms with Crippen molar-refractivity contribution in [3.05, 3.63) is 34.9 Å². The van der Waals surface area contributed by atoms with Gasteiger partial charge in [0, 0.05) is 16.8 Å². The van der Waals surface area contributed by atoms with Crippen LogP contribution in [-0.4, -0.2) is 17.0 Å². The van der Waals surface area contributed by atoms with Gasteiger partial charge in [-0.1, -0.05) is 48.3 Å².